The monoisotopic (exact) mass is 349 g/mol. The largest absolute Gasteiger partial charge is 0.368 e. The van der Waals surface area contributed by atoms with Gasteiger partial charge in [-0.15, -0.1) is 0 Å². The molecule has 1 aromatic carbocycles. The second-order valence-electron chi connectivity index (χ2n) is 8.20. The normalized spacial score (nSPS) is 21.3. The fourth-order valence-electron chi connectivity index (χ4n) is 5.05. The quantitative estimate of drug-likeness (QED) is 0.829. The molecule has 0 amide bonds. The zero-order valence-electron chi connectivity index (χ0n) is 15.3. The number of aryl methyl sites for hydroxylation is 1. The lowest BCUT2D eigenvalue weighted by Gasteiger charge is -2.51. The molecule has 5 heteroatoms. The summed E-state index contributed by atoms with van der Waals surface area (Å²) in [6.45, 7) is 4.53. The van der Waals surface area contributed by atoms with E-state index < -0.39 is 0 Å². The van der Waals surface area contributed by atoms with Crippen LogP contribution in [-0.2, 0) is 12.8 Å². The van der Waals surface area contributed by atoms with Crippen molar-refractivity contribution in [2.24, 2.45) is 5.41 Å². The van der Waals surface area contributed by atoms with Crippen molar-refractivity contribution < 1.29 is 0 Å². The summed E-state index contributed by atoms with van der Waals surface area (Å²) >= 11 is 0. The summed E-state index contributed by atoms with van der Waals surface area (Å²) in [5.74, 6) is 1.49. The van der Waals surface area contributed by atoms with Crippen molar-refractivity contribution in [3.8, 4) is 11.3 Å². The number of hydrogen-bond donors (Lipinski definition) is 2. The Balaban J connectivity index is 1.51. The molecule has 0 atom stereocenters. The van der Waals surface area contributed by atoms with Crippen LogP contribution in [0.5, 0.6) is 0 Å². The summed E-state index contributed by atoms with van der Waals surface area (Å²) in [5.41, 5.74) is 11.6. The molecular weight excluding hydrogens is 322 g/mol. The Bertz CT molecular complexity index is 815. The Morgan fingerprint density at radius 2 is 1.88 bits per heavy atom. The number of nitrogens with two attached hydrogens (primary N) is 1. The van der Waals surface area contributed by atoms with Crippen molar-refractivity contribution in [1.82, 2.24) is 15.3 Å². The first-order chi connectivity index (χ1) is 12.7. The van der Waals surface area contributed by atoms with E-state index in [9.17, 15) is 0 Å². The zero-order chi connectivity index (χ0) is 17.6. The summed E-state index contributed by atoms with van der Waals surface area (Å²) in [7, 11) is 0. The van der Waals surface area contributed by atoms with Crippen molar-refractivity contribution in [2.45, 2.75) is 38.5 Å². The van der Waals surface area contributed by atoms with Crippen molar-refractivity contribution >= 4 is 11.8 Å². The molecule has 0 saturated carbocycles. The number of aromatic nitrogens is 2. The lowest BCUT2D eigenvalue weighted by molar-refractivity contribution is 0.185. The molecule has 0 bridgehead atoms. The van der Waals surface area contributed by atoms with Crippen LogP contribution in [0.15, 0.2) is 24.3 Å². The van der Waals surface area contributed by atoms with E-state index in [0.29, 0.717) is 11.4 Å². The summed E-state index contributed by atoms with van der Waals surface area (Å²) < 4.78 is 0. The first-order valence-electron chi connectivity index (χ1n) is 9.94. The van der Waals surface area contributed by atoms with E-state index >= 15 is 0 Å². The maximum absolute atomic E-state index is 6.14. The number of nitrogens with zero attached hydrogens (tertiary/aromatic N) is 3. The number of anilines is 2. The summed E-state index contributed by atoms with van der Waals surface area (Å²) in [6.07, 6.45) is 7.15. The van der Waals surface area contributed by atoms with E-state index in [2.05, 4.69) is 39.5 Å². The first-order valence-corrected chi connectivity index (χ1v) is 9.94. The standard InChI is InChI=1S/C21H27N5/c22-20-24-18-16-7-2-1-5-15(16)6-3-8-17(18)19(25-20)26-13-21(14-26)9-4-11-23-12-10-21/h1-2,5,7,23H,3-4,6,8-14H2,(H2,22,24,25). The highest BCUT2D eigenvalue weighted by Crippen LogP contribution is 2.44. The van der Waals surface area contributed by atoms with Gasteiger partial charge in [-0.3, -0.25) is 0 Å². The molecule has 1 aromatic heterocycles. The van der Waals surface area contributed by atoms with Crippen molar-refractivity contribution in [1.29, 1.82) is 0 Å². The molecule has 2 aromatic rings. The van der Waals surface area contributed by atoms with E-state index in [1.54, 1.807) is 0 Å². The van der Waals surface area contributed by atoms with Crippen LogP contribution in [-0.4, -0.2) is 36.1 Å². The summed E-state index contributed by atoms with van der Waals surface area (Å²) in [4.78, 5) is 11.8. The minimum absolute atomic E-state index is 0.402. The minimum Gasteiger partial charge on any atom is -0.368 e. The molecule has 0 radical (unpaired) electrons. The summed E-state index contributed by atoms with van der Waals surface area (Å²) in [6, 6.07) is 8.63. The summed E-state index contributed by atoms with van der Waals surface area (Å²) in [5, 5.41) is 3.54. The molecular formula is C21H27N5. The molecule has 2 fully saturated rings. The molecule has 26 heavy (non-hydrogen) atoms. The van der Waals surface area contributed by atoms with Gasteiger partial charge in [-0.2, -0.15) is 4.98 Å². The maximum atomic E-state index is 6.14. The van der Waals surface area contributed by atoms with E-state index in [1.807, 2.05) is 0 Å². The van der Waals surface area contributed by atoms with Crippen LogP contribution in [0.4, 0.5) is 11.8 Å². The third-order valence-electron chi connectivity index (χ3n) is 6.39. The average Bonchev–Trinajstić information content (AvgIpc) is 2.97. The molecule has 0 unspecified atom stereocenters. The zero-order valence-corrected chi connectivity index (χ0v) is 15.3. The lowest BCUT2D eigenvalue weighted by atomic mass is 9.73. The maximum Gasteiger partial charge on any atom is 0.222 e. The van der Waals surface area contributed by atoms with Crippen LogP contribution in [0, 0.1) is 5.41 Å². The minimum atomic E-state index is 0.402. The SMILES string of the molecule is Nc1nc2c(c(N3CC4(CCCNCC4)C3)n1)CCCc1ccccc1-2. The smallest absolute Gasteiger partial charge is 0.222 e. The van der Waals surface area contributed by atoms with Crippen LogP contribution < -0.4 is 16.0 Å². The Morgan fingerprint density at radius 1 is 1.00 bits per heavy atom. The molecule has 2 aliphatic heterocycles. The topological polar surface area (TPSA) is 67.1 Å². The van der Waals surface area contributed by atoms with E-state index in [4.69, 9.17) is 10.7 Å². The number of nitrogen functional groups attached to an aromatic ring is 1. The van der Waals surface area contributed by atoms with Gasteiger partial charge in [0, 0.05) is 29.6 Å². The highest BCUT2D eigenvalue weighted by molar-refractivity contribution is 5.74. The van der Waals surface area contributed by atoms with Crippen LogP contribution in [0.25, 0.3) is 11.3 Å². The van der Waals surface area contributed by atoms with Crippen molar-refractivity contribution in [2.75, 3.05) is 36.8 Å². The van der Waals surface area contributed by atoms with Gasteiger partial charge < -0.3 is 16.0 Å². The molecule has 5 rings (SSSR count). The second kappa shape index (κ2) is 6.23. The molecule has 1 spiro atoms. The van der Waals surface area contributed by atoms with E-state index in [0.717, 1.165) is 57.0 Å². The molecule has 136 valence electrons. The molecule has 3 heterocycles. The predicted molar refractivity (Wildman–Crippen MR) is 105 cm³/mol. The molecule has 2 saturated heterocycles. The fourth-order valence-corrected chi connectivity index (χ4v) is 5.05. The Morgan fingerprint density at radius 3 is 2.81 bits per heavy atom. The Hall–Kier alpha value is -2.14. The van der Waals surface area contributed by atoms with E-state index in [-0.39, 0.29) is 0 Å². The van der Waals surface area contributed by atoms with Crippen LogP contribution in [0.1, 0.15) is 36.8 Å². The van der Waals surface area contributed by atoms with Crippen molar-refractivity contribution in [3.05, 3.63) is 35.4 Å². The fraction of sp³-hybridized carbons (Fsp3) is 0.524. The van der Waals surface area contributed by atoms with Crippen LogP contribution in [0.2, 0.25) is 0 Å². The number of nitrogens with one attached hydrogen (secondary N) is 1. The molecule has 3 N–H and O–H groups in total. The number of rotatable bonds is 1. The van der Waals surface area contributed by atoms with Gasteiger partial charge in [0.25, 0.3) is 0 Å². The van der Waals surface area contributed by atoms with Crippen LogP contribution in [0.3, 0.4) is 0 Å². The van der Waals surface area contributed by atoms with Gasteiger partial charge in [-0.25, -0.2) is 4.98 Å². The van der Waals surface area contributed by atoms with Gasteiger partial charge in [0.15, 0.2) is 0 Å². The predicted octanol–water partition coefficient (Wildman–Crippen LogP) is 2.79. The van der Waals surface area contributed by atoms with Gasteiger partial charge >= 0.3 is 0 Å². The average molecular weight is 349 g/mol. The van der Waals surface area contributed by atoms with Gasteiger partial charge in [-0.1, -0.05) is 24.3 Å². The Labute approximate surface area is 155 Å². The van der Waals surface area contributed by atoms with Gasteiger partial charge in [0.1, 0.15) is 5.82 Å². The third kappa shape index (κ3) is 2.65. The number of fused-ring (bicyclic) bond motifs is 3. The highest BCUT2D eigenvalue weighted by Gasteiger charge is 2.44. The van der Waals surface area contributed by atoms with E-state index in [1.165, 1.54) is 36.0 Å². The second-order valence-corrected chi connectivity index (χ2v) is 8.20. The lowest BCUT2D eigenvalue weighted by Crippen LogP contribution is -2.57. The number of benzene rings is 1. The van der Waals surface area contributed by atoms with Gasteiger partial charge in [0.05, 0.1) is 5.69 Å². The van der Waals surface area contributed by atoms with Gasteiger partial charge in [-0.05, 0) is 57.2 Å². The third-order valence-corrected chi connectivity index (χ3v) is 6.39. The molecule has 3 aliphatic rings. The van der Waals surface area contributed by atoms with Gasteiger partial charge in [0.2, 0.25) is 5.95 Å². The molecule has 1 aliphatic carbocycles. The highest BCUT2D eigenvalue weighted by atomic mass is 15.3. The molecule has 5 nitrogen and oxygen atoms in total. The van der Waals surface area contributed by atoms with Crippen molar-refractivity contribution in [3.63, 3.8) is 0 Å². The number of hydrogen-bond acceptors (Lipinski definition) is 5. The van der Waals surface area contributed by atoms with Crippen LogP contribution >= 0.6 is 0 Å². The Kier molecular flexibility index (Phi) is 3.85. The first kappa shape index (κ1) is 16.1.